The lowest BCUT2D eigenvalue weighted by atomic mass is 9.99. The standard InChI is InChI=1S/C19H23N5OS/c1-13-6-8-23(9-7-13)10-15-12-26-19(20-15)22-18(25)16-11-24-14(2)4-3-5-17(24)21-16/h3-5,11-13H,6-10H2,1-2H3,(H,20,22,25)/p+1. The average Bonchev–Trinajstić information content (AvgIpc) is 3.25. The molecule has 3 aromatic heterocycles. The third-order valence-electron chi connectivity index (χ3n) is 5.11. The fourth-order valence-corrected chi connectivity index (χ4v) is 4.17. The zero-order chi connectivity index (χ0) is 18.1. The Kier molecular flexibility index (Phi) is 4.74. The number of likely N-dealkylation sites (tertiary alicyclic amines) is 1. The smallest absolute Gasteiger partial charge is 0.277 e. The maximum absolute atomic E-state index is 12.5. The molecule has 4 heterocycles. The molecule has 1 fully saturated rings. The highest BCUT2D eigenvalue weighted by Crippen LogP contribution is 2.17. The van der Waals surface area contributed by atoms with Crippen molar-refractivity contribution in [2.75, 3.05) is 18.4 Å². The number of amides is 1. The zero-order valence-corrected chi connectivity index (χ0v) is 16.0. The van der Waals surface area contributed by atoms with Crippen LogP contribution in [0.1, 0.15) is 41.6 Å². The van der Waals surface area contributed by atoms with E-state index in [4.69, 9.17) is 0 Å². The maximum atomic E-state index is 12.5. The highest BCUT2D eigenvalue weighted by Gasteiger charge is 2.20. The Morgan fingerprint density at radius 3 is 2.92 bits per heavy atom. The van der Waals surface area contributed by atoms with Crippen LogP contribution >= 0.6 is 11.3 Å². The van der Waals surface area contributed by atoms with Crippen LogP contribution in [0.4, 0.5) is 5.13 Å². The summed E-state index contributed by atoms with van der Waals surface area (Å²) in [7, 11) is 0. The van der Waals surface area contributed by atoms with Gasteiger partial charge in [0.2, 0.25) is 0 Å². The number of hydrogen-bond donors (Lipinski definition) is 2. The van der Waals surface area contributed by atoms with Crippen LogP contribution in [0.5, 0.6) is 0 Å². The number of hydrogen-bond acceptors (Lipinski definition) is 4. The van der Waals surface area contributed by atoms with Gasteiger partial charge in [0.25, 0.3) is 5.91 Å². The van der Waals surface area contributed by atoms with Gasteiger partial charge in [-0.1, -0.05) is 13.0 Å². The number of thiazole rings is 1. The van der Waals surface area contributed by atoms with E-state index in [1.165, 1.54) is 37.3 Å². The molecule has 6 nitrogen and oxygen atoms in total. The van der Waals surface area contributed by atoms with Gasteiger partial charge in [-0.25, -0.2) is 9.97 Å². The van der Waals surface area contributed by atoms with Crippen LogP contribution in [-0.4, -0.2) is 33.4 Å². The number of fused-ring (bicyclic) bond motifs is 1. The molecule has 1 aliphatic rings. The van der Waals surface area contributed by atoms with E-state index >= 15 is 0 Å². The van der Waals surface area contributed by atoms with Crippen LogP contribution in [0.25, 0.3) is 5.65 Å². The highest BCUT2D eigenvalue weighted by atomic mass is 32.1. The number of nitrogens with one attached hydrogen (secondary N) is 2. The predicted molar refractivity (Wildman–Crippen MR) is 103 cm³/mol. The second-order valence-corrected chi connectivity index (χ2v) is 8.09. The number of aryl methyl sites for hydroxylation is 1. The maximum Gasteiger partial charge on any atom is 0.277 e. The van der Waals surface area contributed by atoms with E-state index in [1.807, 2.05) is 29.5 Å². The third-order valence-corrected chi connectivity index (χ3v) is 5.92. The molecule has 0 aliphatic carbocycles. The van der Waals surface area contributed by atoms with Crippen molar-refractivity contribution < 1.29 is 9.69 Å². The number of pyridine rings is 1. The van der Waals surface area contributed by atoms with Gasteiger partial charge in [-0.15, -0.1) is 11.3 Å². The SMILES string of the molecule is Cc1cccc2nc(C(=O)Nc3nc(C[NH+]4CCC(C)CC4)cs3)cn12. The number of anilines is 1. The fourth-order valence-electron chi connectivity index (χ4n) is 3.47. The first-order chi connectivity index (χ1) is 12.6. The molecular formula is C19H24N5OS+. The summed E-state index contributed by atoms with van der Waals surface area (Å²) >= 11 is 1.48. The minimum atomic E-state index is -0.215. The minimum absolute atomic E-state index is 0.215. The van der Waals surface area contributed by atoms with Gasteiger partial charge in [-0.3, -0.25) is 10.1 Å². The van der Waals surface area contributed by atoms with Crippen LogP contribution < -0.4 is 10.2 Å². The first-order valence-corrected chi connectivity index (χ1v) is 10.0. The van der Waals surface area contributed by atoms with E-state index in [0.717, 1.165) is 29.5 Å². The first kappa shape index (κ1) is 17.2. The number of piperidine rings is 1. The van der Waals surface area contributed by atoms with E-state index in [2.05, 4.69) is 27.6 Å². The van der Waals surface area contributed by atoms with E-state index in [-0.39, 0.29) is 5.91 Å². The number of rotatable bonds is 4. The van der Waals surface area contributed by atoms with Gasteiger partial charge in [-0.05, 0) is 37.8 Å². The van der Waals surface area contributed by atoms with Crippen molar-refractivity contribution in [3.63, 3.8) is 0 Å². The Morgan fingerprint density at radius 2 is 2.15 bits per heavy atom. The van der Waals surface area contributed by atoms with Gasteiger partial charge in [0.05, 0.1) is 13.1 Å². The van der Waals surface area contributed by atoms with E-state index in [0.29, 0.717) is 10.8 Å². The second kappa shape index (κ2) is 7.17. The second-order valence-electron chi connectivity index (χ2n) is 7.23. The molecule has 4 rings (SSSR count). The summed E-state index contributed by atoms with van der Waals surface area (Å²) in [5, 5.41) is 5.58. The molecule has 7 heteroatoms. The predicted octanol–water partition coefficient (Wildman–Crippen LogP) is 2.17. The normalized spacial score (nSPS) is 20.4. The molecule has 1 amide bonds. The van der Waals surface area contributed by atoms with Gasteiger partial charge in [0.15, 0.2) is 5.13 Å². The molecule has 0 radical (unpaired) electrons. The summed E-state index contributed by atoms with van der Waals surface area (Å²) in [5.74, 6) is 0.631. The number of nitrogens with zero attached hydrogens (tertiary/aromatic N) is 3. The van der Waals surface area contributed by atoms with Gasteiger partial charge in [0.1, 0.15) is 23.6 Å². The number of aromatic nitrogens is 3. The van der Waals surface area contributed by atoms with Crippen molar-refractivity contribution in [2.24, 2.45) is 5.92 Å². The highest BCUT2D eigenvalue weighted by molar-refractivity contribution is 7.13. The molecule has 26 heavy (non-hydrogen) atoms. The Balaban J connectivity index is 1.41. The van der Waals surface area contributed by atoms with Crippen molar-refractivity contribution in [2.45, 2.75) is 33.2 Å². The van der Waals surface area contributed by atoms with E-state index in [1.54, 1.807) is 11.1 Å². The molecule has 0 unspecified atom stereocenters. The average molecular weight is 371 g/mol. The lowest BCUT2D eigenvalue weighted by Gasteiger charge is -2.26. The lowest BCUT2D eigenvalue weighted by Crippen LogP contribution is -3.11. The number of imidazole rings is 1. The fraction of sp³-hybridized carbons (Fsp3) is 0.421. The Morgan fingerprint density at radius 1 is 1.35 bits per heavy atom. The van der Waals surface area contributed by atoms with Crippen LogP contribution in [-0.2, 0) is 6.54 Å². The quantitative estimate of drug-likeness (QED) is 0.740. The number of quaternary nitrogens is 1. The summed E-state index contributed by atoms with van der Waals surface area (Å²) in [6, 6.07) is 5.83. The lowest BCUT2D eigenvalue weighted by molar-refractivity contribution is -0.920. The Hall–Kier alpha value is -2.25. The van der Waals surface area contributed by atoms with Crippen molar-refractivity contribution in [3.8, 4) is 0 Å². The summed E-state index contributed by atoms with van der Waals surface area (Å²) < 4.78 is 1.92. The van der Waals surface area contributed by atoms with Crippen LogP contribution in [0.2, 0.25) is 0 Å². The monoisotopic (exact) mass is 370 g/mol. The van der Waals surface area contributed by atoms with Crippen molar-refractivity contribution in [1.82, 2.24) is 14.4 Å². The van der Waals surface area contributed by atoms with Crippen LogP contribution in [0.3, 0.4) is 0 Å². The van der Waals surface area contributed by atoms with Crippen LogP contribution in [0, 0.1) is 12.8 Å². The summed E-state index contributed by atoms with van der Waals surface area (Å²) in [6.45, 7) is 7.68. The van der Waals surface area contributed by atoms with E-state index < -0.39 is 0 Å². The van der Waals surface area contributed by atoms with Crippen molar-refractivity contribution >= 4 is 28.0 Å². The molecular weight excluding hydrogens is 346 g/mol. The van der Waals surface area contributed by atoms with Gasteiger partial charge in [0, 0.05) is 17.3 Å². The molecule has 3 aromatic rings. The summed E-state index contributed by atoms with van der Waals surface area (Å²) in [4.78, 5) is 23.1. The van der Waals surface area contributed by atoms with Gasteiger partial charge < -0.3 is 9.30 Å². The first-order valence-electron chi connectivity index (χ1n) is 9.12. The molecule has 0 spiro atoms. The molecule has 0 aromatic carbocycles. The number of carbonyl (C=O) groups excluding carboxylic acids is 1. The molecule has 0 atom stereocenters. The van der Waals surface area contributed by atoms with Gasteiger partial charge >= 0.3 is 0 Å². The Bertz CT molecular complexity index is 923. The van der Waals surface area contributed by atoms with Crippen molar-refractivity contribution in [3.05, 3.63) is 46.9 Å². The minimum Gasteiger partial charge on any atom is -0.330 e. The topological polar surface area (TPSA) is 63.7 Å². The largest absolute Gasteiger partial charge is 0.330 e. The summed E-state index contributed by atoms with van der Waals surface area (Å²) in [5.41, 5.74) is 3.29. The molecule has 1 saturated heterocycles. The third kappa shape index (κ3) is 3.64. The molecule has 136 valence electrons. The molecule has 0 saturated carbocycles. The van der Waals surface area contributed by atoms with Crippen molar-refractivity contribution in [1.29, 1.82) is 0 Å². The summed E-state index contributed by atoms with van der Waals surface area (Å²) in [6.07, 6.45) is 4.35. The molecule has 2 N–H and O–H groups in total. The molecule has 1 aliphatic heterocycles. The van der Waals surface area contributed by atoms with E-state index in [9.17, 15) is 4.79 Å². The zero-order valence-electron chi connectivity index (χ0n) is 15.2. The molecule has 0 bridgehead atoms. The van der Waals surface area contributed by atoms with Gasteiger partial charge in [-0.2, -0.15) is 0 Å². The Labute approximate surface area is 156 Å². The van der Waals surface area contributed by atoms with Crippen LogP contribution in [0.15, 0.2) is 29.8 Å². The number of carbonyl (C=O) groups is 1.